The van der Waals surface area contributed by atoms with Crippen molar-refractivity contribution in [1.82, 2.24) is 9.97 Å². The molecule has 0 aliphatic rings. The van der Waals surface area contributed by atoms with E-state index in [1.807, 2.05) is 27.7 Å². The number of anilines is 2. The van der Waals surface area contributed by atoms with Gasteiger partial charge in [-0.3, -0.25) is 0 Å². The van der Waals surface area contributed by atoms with Gasteiger partial charge in [0.2, 0.25) is 5.95 Å². The summed E-state index contributed by atoms with van der Waals surface area (Å²) in [5, 5.41) is 2.93. The average Bonchev–Trinajstić information content (AvgIpc) is 2.13. The number of hydrogen-bond acceptors (Lipinski definition) is 4. The number of nitrogen functional groups attached to an aromatic ring is 1. The fourth-order valence-electron chi connectivity index (χ4n) is 1.09. The molecule has 0 unspecified atom stereocenters. The third kappa shape index (κ3) is 3.48. The molecule has 7 heteroatoms. The quantitative estimate of drug-likeness (QED) is 0.860. The topological polar surface area (TPSA) is 63.8 Å². The van der Waals surface area contributed by atoms with Crippen molar-refractivity contribution >= 4 is 11.8 Å². The molecule has 0 saturated heterocycles. The first-order chi connectivity index (χ1) is 8.01. The van der Waals surface area contributed by atoms with Gasteiger partial charge in [0.15, 0.2) is 0 Å². The Bertz CT molecular complexity index is 423. The van der Waals surface area contributed by atoms with Gasteiger partial charge in [-0.25, -0.2) is 4.98 Å². The second-order valence-corrected chi connectivity index (χ2v) is 5.22. The molecule has 0 spiro atoms. The van der Waals surface area contributed by atoms with Crippen molar-refractivity contribution in [2.45, 2.75) is 39.9 Å². The standard InChI is InChI=1S/C11H17F3N4/c1-6(10(2,3)4)17-9-16-5-7(8(15)18-9)11(12,13)14/h5-6H,1-4H3,(H3,15,16,17,18)/t6-/m1/s1. The van der Waals surface area contributed by atoms with Crippen LogP contribution >= 0.6 is 0 Å². The van der Waals surface area contributed by atoms with Crippen molar-refractivity contribution in [3.8, 4) is 0 Å². The molecule has 0 amide bonds. The first-order valence-corrected chi connectivity index (χ1v) is 5.48. The number of aromatic nitrogens is 2. The monoisotopic (exact) mass is 262 g/mol. The lowest BCUT2D eigenvalue weighted by Crippen LogP contribution is -2.31. The van der Waals surface area contributed by atoms with Gasteiger partial charge in [-0.15, -0.1) is 0 Å². The highest BCUT2D eigenvalue weighted by Crippen LogP contribution is 2.32. The molecule has 0 aliphatic carbocycles. The smallest absolute Gasteiger partial charge is 0.383 e. The number of alkyl halides is 3. The van der Waals surface area contributed by atoms with Crippen molar-refractivity contribution < 1.29 is 13.2 Å². The van der Waals surface area contributed by atoms with E-state index in [0.29, 0.717) is 6.20 Å². The number of nitrogens with one attached hydrogen (secondary N) is 1. The number of rotatable bonds is 2. The summed E-state index contributed by atoms with van der Waals surface area (Å²) in [6.45, 7) is 7.89. The molecule has 0 aliphatic heterocycles. The third-order valence-electron chi connectivity index (χ3n) is 2.77. The van der Waals surface area contributed by atoms with Crippen LogP contribution < -0.4 is 11.1 Å². The van der Waals surface area contributed by atoms with Gasteiger partial charge in [-0.1, -0.05) is 20.8 Å². The fraction of sp³-hybridized carbons (Fsp3) is 0.636. The first-order valence-electron chi connectivity index (χ1n) is 5.48. The summed E-state index contributed by atoms with van der Waals surface area (Å²) in [5.74, 6) is -0.468. The molecule has 3 N–H and O–H groups in total. The van der Waals surface area contributed by atoms with E-state index >= 15 is 0 Å². The van der Waals surface area contributed by atoms with E-state index in [-0.39, 0.29) is 17.4 Å². The van der Waals surface area contributed by atoms with Gasteiger partial charge in [0.05, 0.1) is 0 Å². The van der Waals surface area contributed by atoms with Crippen LogP contribution in [-0.2, 0) is 6.18 Å². The van der Waals surface area contributed by atoms with E-state index in [1.54, 1.807) is 0 Å². The number of nitrogens with zero attached hydrogens (tertiary/aromatic N) is 2. The largest absolute Gasteiger partial charge is 0.421 e. The van der Waals surface area contributed by atoms with Crippen molar-refractivity contribution in [3.05, 3.63) is 11.8 Å². The van der Waals surface area contributed by atoms with Gasteiger partial charge in [-0.2, -0.15) is 18.2 Å². The summed E-state index contributed by atoms with van der Waals surface area (Å²) >= 11 is 0. The molecule has 4 nitrogen and oxygen atoms in total. The molecule has 1 heterocycles. The molecule has 1 atom stereocenters. The first kappa shape index (κ1) is 14.5. The van der Waals surface area contributed by atoms with E-state index in [9.17, 15) is 13.2 Å². The minimum Gasteiger partial charge on any atom is -0.383 e. The van der Waals surface area contributed by atoms with Crippen LogP contribution in [0.25, 0.3) is 0 Å². The van der Waals surface area contributed by atoms with E-state index in [0.717, 1.165) is 0 Å². The highest BCUT2D eigenvalue weighted by atomic mass is 19.4. The van der Waals surface area contributed by atoms with Gasteiger partial charge in [0.25, 0.3) is 0 Å². The average molecular weight is 262 g/mol. The maximum absolute atomic E-state index is 12.5. The van der Waals surface area contributed by atoms with Crippen LogP contribution in [0.3, 0.4) is 0 Å². The maximum atomic E-state index is 12.5. The zero-order chi connectivity index (χ0) is 14.1. The number of hydrogen-bond donors (Lipinski definition) is 2. The van der Waals surface area contributed by atoms with Crippen LogP contribution in [-0.4, -0.2) is 16.0 Å². The molecule has 18 heavy (non-hydrogen) atoms. The van der Waals surface area contributed by atoms with Crippen LogP contribution in [0.1, 0.15) is 33.3 Å². The highest BCUT2D eigenvalue weighted by Gasteiger charge is 2.34. The van der Waals surface area contributed by atoms with Gasteiger partial charge < -0.3 is 11.1 Å². The van der Waals surface area contributed by atoms with Gasteiger partial charge in [-0.05, 0) is 12.3 Å². The lowest BCUT2D eigenvalue weighted by atomic mass is 9.88. The van der Waals surface area contributed by atoms with Gasteiger partial charge >= 0.3 is 6.18 Å². The summed E-state index contributed by atoms with van der Waals surface area (Å²) in [7, 11) is 0. The van der Waals surface area contributed by atoms with Crippen LogP contribution in [0.2, 0.25) is 0 Å². The molecule has 0 aromatic carbocycles. The normalized spacial score (nSPS) is 14.4. The van der Waals surface area contributed by atoms with Crippen molar-refractivity contribution in [3.63, 3.8) is 0 Å². The predicted octanol–water partition coefficient (Wildman–Crippen LogP) is 2.92. The van der Waals surface area contributed by atoms with Crippen molar-refractivity contribution in [2.75, 3.05) is 11.1 Å². The summed E-state index contributed by atoms with van der Waals surface area (Å²) in [6.07, 6.45) is -3.84. The predicted molar refractivity (Wildman–Crippen MR) is 64.0 cm³/mol. The molecule has 0 radical (unpaired) electrons. The summed E-state index contributed by atoms with van der Waals surface area (Å²) < 4.78 is 37.4. The minimum atomic E-state index is -4.53. The van der Waals surface area contributed by atoms with Crippen LogP contribution in [0.4, 0.5) is 24.9 Å². The van der Waals surface area contributed by atoms with Gasteiger partial charge in [0.1, 0.15) is 11.4 Å². The molecular weight excluding hydrogens is 245 g/mol. The summed E-state index contributed by atoms with van der Waals surface area (Å²) in [6, 6.07) is -0.00589. The van der Waals surface area contributed by atoms with Crippen molar-refractivity contribution in [1.29, 1.82) is 0 Å². The molecule has 0 saturated carbocycles. The van der Waals surface area contributed by atoms with E-state index < -0.39 is 17.6 Å². The maximum Gasteiger partial charge on any atom is 0.421 e. The van der Waals surface area contributed by atoms with Crippen molar-refractivity contribution in [2.24, 2.45) is 5.41 Å². The Labute approximate surface area is 104 Å². The Balaban J connectivity index is 2.93. The Kier molecular flexibility index (Phi) is 3.73. The SMILES string of the molecule is C[C@@H](Nc1ncc(C(F)(F)F)c(N)n1)C(C)(C)C. The molecule has 102 valence electrons. The molecule has 0 fully saturated rings. The Morgan fingerprint density at radius 1 is 1.28 bits per heavy atom. The van der Waals surface area contributed by atoms with Gasteiger partial charge in [0, 0.05) is 12.2 Å². The second kappa shape index (κ2) is 4.62. The van der Waals surface area contributed by atoms with E-state index in [2.05, 4.69) is 15.3 Å². The zero-order valence-electron chi connectivity index (χ0n) is 10.8. The number of nitrogens with two attached hydrogens (primary N) is 1. The number of halogens is 3. The third-order valence-corrected chi connectivity index (χ3v) is 2.77. The zero-order valence-corrected chi connectivity index (χ0v) is 10.8. The Morgan fingerprint density at radius 3 is 2.22 bits per heavy atom. The summed E-state index contributed by atoms with van der Waals surface area (Å²) in [5.41, 5.74) is 4.20. The lowest BCUT2D eigenvalue weighted by molar-refractivity contribution is -0.137. The summed E-state index contributed by atoms with van der Waals surface area (Å²) in [4.78, 5) is 7.27. The fourth-order valence-corrected chi connectivity index (χ4v) is 1.09. The lowest BCUT2D eigenvalue weighted by Gasteiger charge is -2.28. The Morgan fingerprint density at radius 2 is 1.83 bits per heavy atom. The van der Waals surface area contributed by atoms with Crippen LogP contribution in [0.5, 0.6) is 0 Å². The minimum absolute atomic E-state index is 0.00589. The van der Waals surface area contributed by atoms with E-state index in [4.69, 9.17) is 5.73 Å². The van der Waals surface area contributed by atoms with Crippen LogP contribution in [0.15, 0.2) is 6.20 Å². The second-order valence-electron chi connectivity index (χ2n) is 5.22. The Hall–Kier alpha value is -1.53. The molecule has 1 aromatic heterocycles. The molecule has 0 bridgehead atoms. The molecular formula is C11H17F3N4. The molecule has 1 aromatic rings. The van der Waals surface area contributed by atoms with E-state index in [1.165, 1.54) is 0 Å². The molecule has 1 rings (SSSR count). The highest BCUT2D eigenvalue weighted by molar-refractivity contribution is 5.44. The van der Waals surface area contributed by atoms with Crippen LogP contribution in [0, 0.1) is 5.41 Å².